The molecule has 0 saturated carbocycles. The van der Waals surface area contributed by atoms with E-state index in [9.17, 15) is 4.79 Å². The molecule has 28 heavy (non-hydrogen) atoms. The highest BCUT2D eigenvalue weighted by atomic mass is 35.5. The first kappa shape index (κ1) is 25.0. The van der Waals surface area contributed by atoms with Crippen LogP contribution < -0.4 is 10.6 Å². The number of rotatable bonds is 8. The first-order chi connectivity index (χ1) is 12.6. The minimum atomic E-state index is 0. The van der Waals surface area contributed by atoms with E-state index in [1.807, 2.05) is 16.7 Å². The molecular weight excluding hydrogens is 419 g/mol. The zero-order chi connectivity index (χ0) is 18.4. The van der Waals surface area contributed by atoms with E-state index in [0.717, 1.165) is 43.0 Å². The molecule has 9 heteroatoms. The van der Waals surface area contributed by atoms with Gasteiger partial charge in [-0.3, -0.25) is 4.79 Å². The number of carbonyl (C=O) groups excluding carboxylic acids is 1. The summed E-state index contributed by atoms with van der Waals surface area (Å²) in [5.74, 6) is 1.28. The number of halogens is 2. The summed E-state index contributed by atoms with van der Waals surface area (Å²) in [6, 6.07) is 4.08. The van der Waals surface area contributed by atoms with Gasteiger partial charge < -0.3 is 19.8 Å². The van der Waals surface area contributed by atoms with Gasteiger partial charge in [-0.2, -0.15) is 0 Å². The highest BCUT2D eigenvalue weighted by molar-refractivity contribution is 7.99. The van der Waals surface area contributed by atoms with Crippen LogP contribution in [0, 0.1) is 12.3 Å². The van der Waals surface area contributed by atoms with E-state index < -0.39 is 0 Å². The Morgan fingerprint density at radius 3 is 2.79 bits per heavy atom. The van der Waals surface area contributed by atoms with Gasteiger partial charge in [-0.15, -0.1) is 36.6 Å². The fourth-order valence-corrected chi connectivity index (χ4v) is 4.18. The van der Waals surface area contributed by atoms with Crippen molar-refractivity contribution in [3.05, 3.63) is 35.8 Å². The molecule has 1 saturated heterocycles. The fraction of sp³-hybridized carbons (Fsp3) is 0.579. The number of nitrogens with zero attached hydrogens (tertiary/aromatic N) is 2. The Hall–Kier alpha value is -0.990. The molecule has 1 fully saturated rings. The molecule has 1 aliphatic rings. The molecule has 0 aromatic carbocycles. The van der Waals surface area contributed by atoms with Crippen LogP contribution in [0.25, 0.3) is 5.65 Å². The lowest BCUT2D eigenvalue weighted by Crippen LogP contribution is -2.47. The van der Waals surface area contributed by atoms with Gasteiger partial charge in [0.1, 0.15) is 5.65 Å². The van der Waals surface area contributed by atoms with Gasteiger partial charge in [-0.05, 0) is 44.5 Å². The van der Waals surface area contributed by atoms with Crippen LogP contribution in [0.3, 0.4) is 0 Å². The van der Waals surface area contributed by atoms with Crippen molar-refractivity contribution in [2.45, 2.75) is 25.5 Å². The highest BCUT2D eigenvalue weighted by Crippen LogP contribution is 2.28. The van der Waals surface area contributed by atoms with E-state index in [4.69, 9.17) is 4.74 Å². The Labute approximate surface area is 183 Å². The van der Waals surface area contributed by atoms with E-state index in [-0.39, 0.29) is 36.1 Å². The Morgan fingerprint density at radius 1 is 1.32 bits per heavy atom. The second-order valence-electron chi connectivity index (χ2n) is 7.16. The number of amides is 1. The molecule has 1 amide bonds. The van der Waals surface area contributed by atoms with Gasteiger partial charge in [-0.25, -0.2) is 4.98 Å². The van der Waals surface area contributed by atoms with Crippen LogP contribution in [0.4, 0.5) is 0 Å². The summed E-state index contributed by atoms with van der Waals surface area (Å²) in [5.41, 5.74) is 3.22. The Bertz CT molecular complexity index is 745. The largest absolute Gasteiger partial charge is 0.384 e. The van der Waals surface area contributed by atoms with Gasteiger partial charge in [-0.1, -0.05) is 6.07 Å². The number of carbonyl (C=O) groups is 1. The maximum Gasteiger partial charge on any atom is 0.230 e. The van der Waals surface area contributed by atoms with Crippen LogP contribution in [-0.4, -0.2) is 54.4 Å². The molecule has 0 unspecified atom stereocenters. The van der Waals surface area contributed by atoms with Crippen molar-refractivity contribution in [3.8, 4) is 0 Å². The SMILES string of the molecule is COCC1(CNC(=O)CSCc2cn3cc(C)ccc3n2)CCNCC1.Cl.Cl. The fourth-order valence-electron chi connectivity index (χ4n) is 3.45. The maximum absolute atomic E-state index is 12.2. The normalized spacial score (nSPS) is 15.5. The van der Waals surface area contributed by atoms with Gasteiger partial charge in [0.2, 0.25) is 5.91 Å². The lowest BCUT2D eigenvalue weighted by molar-refractivity contribution is -0.119. The lowest BCUT2D eigenvalue weighted by Gasteiger charge is -2.37. The van der Waals surface area contributed by atoms with Crippen molar-refractivity contribution in [2.24, 2.45) is 5.41 Å². The predicted molar refractivity (Wildman–Crippen MR) is 120 cm³/mol. The molecule has 6 nitrogen and oxygen atoms in total. The number of methoxy groups -OCH3 is 1. The first-order valence-corrected chi connectivity index (χ1v) is 10.2. The Kier molecular flexibility index (Phi) is 10.6. The minimum Gasteiger partial charge on any atom is -0.384 e. The number of imidazole rings is 1. The number of pyridine rings is 1. The van der Waals surface area contributed by atoms with Gasteiger partial charge in [0, 0.05) is 37.2 Å². The number of piperidine rings is 1. The standard InChI is InChI=1S/C19H28N4O2S.2ClH/c1-15-3-4-17-22-16(10-23(17)9-15)11-26-12-18(24)21-13-19(14-25-2)5-7-20-8-6-19;;/h3-4,9-10,20H,5-8,11-14H2,1-2H3,(H,21,24);2*1H. The molecule has 158 valence electrons. The van der Waals surface area contributed by atoms with Crippen molar-refractivity contribution in [1.82, 2.24) is 20.0 Å². The molecule has 2 aromatic heterocycles. The summed E-state index contributed by atoms with van der Waals surface area (Å²) in [6.45, 7) is 5.43. The number of aromatic nitrogens is 2. The second-order valence-corrected chi connectivity index (χ2v) is 8.14. The van der Waals surface area contributed by atoms with Crippen molar-refractivity contribution in [1.29, 1.82) is 0 Å². The number of hydrogen-bond acceptors (Lipinski definition) is 5. The topological polar surface area (TPSA) is 67.7 Å². The summed E-state index contributed by atoms with van der Waals surface area (Å²) >= 11 is 1.60. The molecule has 0 atom stereocenters. The second kappa shape index (κ2) is 11.9. The predicted octanol–water partition coefficient (Wildman–Crippen LogP) is 2.85. The van der Waals surface area contributed by atoms with Gasteiger partial charge in [0.15, 0.2) is 0 Å². The molecule has 2 N–H and O–H groups in total. The third-order valence-electron chi connectivity index (χ3n) is 4.91. The van der Waals surface area contributed by atoms with E-state index in [0.29, 0.717) is 18.9 Å². The molecule has 0 bridgehead atoms. The van der Waals surface area contributed by atoms with Crippen molar-refractivity contribution < 1.29 is 9.53 Å². The highest BCUT2D eigenvalue weighted by Gasteiger charge is 2.32. The van der Waals surface area contributed by atoms with Crippen molar-refractivity contribution >= 4 is 48.1 Å². The van der Waals surface area contributed by atoms with Crippen LogP contribution in [0.15, 0.2) is 24.5 Å². The number of aryl methyl sites for hydroxylation is 1. The molecule has 3 heterocycles. The molecule has 0 spiro atoms. The maximum atomic E-state index is 12.2. The average Bonchev–Trinajstić information content (AvgIpc) is 3.03. The molecule has 0 aliphatic carbocycles. The number of fused-ring (bicyclic) bond motifs is 1. The van der Waals surface area contributed by atoms with Gasteiger partial charge in [0.25, 0.3) is 0 Å². The zero-order valence-corrected chi connectivity index (χ0v) is 18.9. The van der Waals surface area contributed by atoms with Crippen molar-refractivity contribution in [2.75, 3.05) is 39.1 Å². The summed E-state index contributed by atoms with van der Waals surface area (Å²) in [6.07, 6.45) is 6.18. The van der Waals surface area contributed by atoms with E-state index >= 15 is 0 Å². The quantitative estimate of drug-likeness (QED) is 0.649. The Balaban J connectivity index is 0.00000196. The number of nitrogens with one attached hydrogen (secondary N) is 2. The minimum absolute atomic E-state index is 0. The van der Waals surface area contributed by atoms with E-state index in [2.05, 4.69) is 34.8 Å². The summed E-state index contributed by atoms with van der Waals surface area (Å²) in [7, 11) is 1.73. The zero-order valence-electron chi connectivity index (χ0n) is 16.4. The molecule has 0 radical (unpaired) electrons. The lowest BCUT2D eigenvalue weighted by atomic mass is 9.79. The number of ether oxygens (including phenoxy) is 1. The molecule has 3 rings (SSSR count). The van der Waals surface area contributed by atoms with Gasteiger partial charge >= 0.3 is 0 Å². The van der Waals surface area contributed by atoms with Crippen LogP contribution in [0.1, 0.15) is 24.1 Å². The van der Waals surface area contributed by atoms with Gasteiger partial charge in [0.05, 0.1) is 18.1 Å². The number of thioether (sulfide) groups is 1. The summed E-state index contributed by atoms with van der Waals surface area (Å²) in [4.78, 5) is 16.8. The van der Waals surface area contributed by atoms with Crippen LogP contribution >= 0.6 is 36.6 Å². The number of hydrogen-bond donors (Lipinski definition) is 2. The monoisotopic (exact) mass is 448 g/mol. The molecule has 2 aromatic rings. The molecule has 1 aliphatic heterocycles. The van der Waals surface area contributed by atoms with E-state index in [1.165, 1.54) is 5.56 Å². The third-order valence-corrected chi connectivity index (χ3v) is 5.87. The van der Waals surface area contributed by atoms with Crippen molar-refractivity contribution in [3.63, 3.8) is 0 Å². The van der Waals surface area contributed by atoms with Crippen LogP contribution in [-0.2, 0) is 15.3 Å². The van der Waals surface area contributed by atoms with Crippen LogP contribution in [0.5, 0.6) is 0 Å². The first-order valence-electron chi connectivity index (χ1n) is 9.09. The average molecular weight is 449 g/mol. The summed E-state index contributed by atoms with van der Waals surface area (Å²) in [5, 5.41) is 6.48. The third kappa shape index (κ3) is 6.81. The van der Waals surface area contributed by atoms with E-state index in [1.54, 1.807) is 18.9 Å². The smallest absolute Gasteiger partial charge is 0.230 e. The summed E-state index contributed by atoms with van der Waals surface area (Å²) < 4.78 is 7.44. The van der Waals surface area contributed by atoms with Crippen LogP contribution in [0.2, 0.25) is 0 Å². The Morgan fingerprint density at radius 2 is 2.07 bits per heavy atom. The molecular formula is C19H30Cl2N4O2S.